The van der Waals surface area contributed by atoms with E-state index in [9.17, 15) is 4.79 Å². The third-order valence-electron chi connectivity index (χ3n) is 3.98. The van der Waals surface area contributed by atoms with E-state index in [0.29, 0.717) is 0 Å². The standard InChI is InChI=1S/C19H22O2/c1-4-18(15-10-12-17(21-3)13-11-15)19(14(2)20)16-8-6-5-7-9-16/h5-13,18-19H,4H2,1-3H3/t18-,19+/m1/s1. The Morgan fingerprint density at radius 1 is 1.00 bits per heavy atom. The van der Waals surface area contributed by atoms with Gasteiger partial charge in [-0.15, -0.1) is 0 Å². The molecule has 0 aromatic heterocycles. The first-order valence-electron chi connectivity index (χ1n) is 7.36. The van der Waals surface area contributed by atoms with Crippen LogP contribution < -0.4 is 4.74 Å². The van der Waals surface area contributed by atoms with Gasteiger partial charge < -0.3 is 4.74 Å². The van der Waals surface area contributed by atoms with Gasteiger partial charge >= 0.3 is 0 Å². The number of hydrogen-bond acceptors (Lipinski definition) is 2. The Morgan fingerprint density at radius 3 is 2.10 bits per heavy atom. The molecule has 0 aliphatic rings. The van der Waals surface area contributed by atoms with Crippen LogP contribution in [-0.4, -0.2) is 12.9 Å². The lowest BCUT2D eigenvalue weighted by Crippen LogP contribution is -2.18. The predicted molar refractivity (Wildman–Crippen MR) is 85.9 cm³/mol. The van der Waals surface area contributed by atoms with Crippen LogP contribution >= 0.6 is 0 Å². The van der Waals surface area contributed by atoms with Crippen LogP contribution in [0.25, 0.3) is 0 Å². The first kappa shape index (κ1) is 15.3. The quantitative estimate of drug-likeness (QED) is 0.776. The Kier molecular flexibility index (Phi) is 5.15. The van der Waals surface area contributed by atoms with Gasteiger partial charge in [0.2, 0.25) is 0 Å². The summed E-state index contributed by atoms with van der Waals surface area (Å²) < 4.78 is 5.21. The molecule has 0 bridgehead atoms. The van der Waals surface area contributed by atoms with Crippen LogP contribution in [0, 0.1) is 0 Å². The molecule has 2 heteroatoms. The average Bonchev–Trinajstić information content (AvgIpc) is 2.53. The summed E-state index contributed by atoms with van der Waals surface area (Å²) in [5.74, 6) is 1.15. The number of methoxy groups -OCH3 is 1. The predicted octanol–water partition coefficient (Wildman–Crippen LogP) is 4.56. The minimum absolute atomic E-state index is 0.0930. The average molecular weight is 282 g/mol. The van der Waals surface area contributed by atoms with Crippen molar-refractivity contribution in [2.24, 2.45) is 0 Å². The van der Waals surface area contributed by atoms with Crippen LogP contribution in [0.3, 0.4) is 0 Å². The third kappa shape index (κ3) is 3.52. The van der Waals surface area contributed by atoms with E-state index < -0.39 is 0 Å². The van der Waals surface area contributed by atoms with Gasteiger partial charge in [0.1, 0.15) is 11.5 Å². The van der Waals surface area contributed by atoms with Gasteiger partial charge in [-0.1, -0.05) is 49.4 Å². The van der Waals surface area contributed by atoms with Crippen molar-refractivity contribution in [3.63, 3.8) is 0 Å². The lowest BCUT2D eigenvalue weighted by atomic mass is 9.78. The van der Waals surface area contributed by atoms with Crippen molar-refractivity contribution in [3.8, 4) is 5.75 Å². The zero-order chi connectivity index (χ0) is 15.2. The molecule has 0 N–H and O–H groups in total. The normalized spacial score (nSPS) is 13.5. The highest BCUT2D eigenvalue weighted by Crippen LogP contribution is 2.36. The second-order valence-electron chi connectivity index (χ2n) is 5.29. The second-order valence-corrected chi connectivity index (χ2v) is 5.29. The second kappa shape index (κ2) is 7.07. The van der Waals surface area contributed by atoms with Crippen molar-refractivity contribution >= 4 is 5.78 Å². The minimum Gasteiger partial charge on any atom is -0.497 e. The van der Waals surface area contributed by atoms with E-state index in [2.05, 4.69) is 19.1 Å². The Labute approximate surface area is 126 Å². The maximum atomic E-state index is 12.2. The Balaban J connectivity index is 2.38. The van der Waals surface area contributed by atoms with Crippen LogP contribution in [0.1, 0.15) is 43.2 Å². The van der Waals surface area contributed by atoms with E-state index in [4.69, 9.17) is 4.74 Å². The number of ether oxygens (including phenoxy) is 1. The lowest BCUT2D eigenvalue weighted by Gasteiger charge is -2.25. The molecule has 2 atom stereocenters. The SMILES string of the molecule is CC[C@H](c1ccc(OC)cc1)[C@@H](C(C)=O)c1ccccc1. The van der Waals surface area contributed by atoms with Crippen LogP contribution in [-0.2, 0) is 4.79 Å². The van der Waals surface area contributed by atoms with Gasteiger partial charge in [-0.05, 0) is 42.5 Å². The number of hydrogen-bond donors (Lipinski definition) is 0. The summed E-state index contributed by atoms with van der Waals surface area (Å²) >= 11 is 0. The highest BCUT2D eigenvalue weighted by Gasteiger charge is 2.27. The third-order valence-corrected chi connectivity index (χ3v) is 3.98. The zero-order valence-corrected chi connectivity index (χ0v) is 12.9. The van der Waals surface area contributed by atoms with E-state index in [1.54, 1.807) is 14.0 Å². The summed E-state index contributed by atoms with van der Waals surface area (Å²) in [7, 11) is 1.66. The minimum atomic E-state index is -0.0930. The van der Waals surface area contributed by atoms with E-state index >= 15 is 0 Å². The molecule has 0 aliphatic carbocycles. The van der Waals surface area contributed by atoms with Crippen LogP contribution in [0.2, 0.25) is 0 Å². The van der Waals surface area contributed by atoms with Gasteiger partial charge in [0.25, 0.3) is 0 Å². The summed E-state index contributed by atoms with van der Waals surface area (Å²) in [4.78, 5) is 12.2. The molecule has 0 aliphatic heterocycles. The molecule has 0 unspecified atom stereocenters. The van der Waals surface area contributed by atoms with Crippen molar-refractivity contribution < 1.29 is 9.53 Å². The molecule has 2 rings (SSSR count). The molecule has 110 valence electrons. The summed E-state index contributed by atoms with van der Waals surface area (Å²) in [6.07, 6.45) is 0.922. The van der Waals surface area contributed by atoms with Crippen LogP contribution in [0.4, 0.5) is 0 Å². The van der Waals surface area contributed by atoms with Crippen molar-refractivity contribution in [3.05, 3.63) is 65.7 Å². The smallest absolute Gasteiger partial charge is 0.137 e. The van der Waals surface area contributed by atoms with Crippen LogP contribution in [0.15, 0.2) is 54.6 Å². The van der Waals surface area contributed by atoms with Gasteiger partial charge in [-0.25, -0.2) is 0 Å². The molecular weight excluding hydrogens is 260 g/mol. The fourth-order valence-corrected chi connectivity index (χ4v) is 2.93. The number of carbonyl (C=O) groups excluding carboxylic acids is 1. The highest BCUT2D eigenvalue weighted by atomic mass is 16.5. The molecule has 2 aromatic carbocycles. The van der Waals surface area contributed by atoms with Gasteiger partial charge in [0.15, 0.2) is 0 Å². The Hall–Kier alpha value is -2.09. The number of ketones is 1. The summed E-state index contributed by atoms with van der Waals surface area (Å²) in [5.41, 5.74) is 2.27. The Morgan fingerprint density at radius 2 is 1.62 bits per heavy atom. The summed E-state index contributed by atoms with van der Waals surface area (Å²) in [6, 6.07) is 18.1. The van der Waals surface area contributed by atoms with Gasteiger partial charge in [-0.3, -0.25) is 4.79 Å². The van der Waals surface area contributed by atoms with E-state index in [1.807, 2.05) is 42.5 Å². The molecule has 0 saturated heterocycles. The van der Waals surface area contributed by atoms with Gasteiger partial charge in [0, 0.05) is 5.92 Å². The Bertz CT molecular complexity index is 572. The number of benzene rings is 2. The largest absolute Gasteiger partial charge is 0.497 e. The van der Waals surface area contributed by atoms with Crippen molar-refractivity contribution in [1.29, 1.82) is 0 Å². The molecule has 21 heavy (non-hydrogen) atoms. The lowest BCUT2D eigenvalue weighted by molar-refractivity contribution is -0.118. The molecular formula is C19H22O2. The molecule has 0 fully saturated rings. The van der Waals surface area contributed by atoms with Crippen molar-refractivity contribution in [2.75, 3.05) is 7.11 Å². The molecule has 0 spiro atoms. The molecule has 0 radical (unpaired) electrons. The first-order chi connectivity index (χ1) is 10.2. The molecule has 0 amide bonds. The number of rotatable bonds is 6. The van der Waals surface area contributed by atoms with E-state index in [-0.39, 0.29) is 17.6 Å². The molecule has 0 saturated carbocycles. The maximum absolute atomic E-state index is 12.2. The summed E-state index contributed by atoms with van der Waals surface area (Å²) in [5, 5.41) is 0. The number of carbonyl (C=O) groups is 1. The fraction of sp³-hybridized carbons (Fsp3) is 0.316. The maximum Gasteiger partial charge on any atom is 0.137 e. The summed E-state index contributed by atoms with van der Waals surface area (Å²) in [6.45, 7) is 3.82. The topological polar surface area (TPSA) is 26.3 Å². The molecule has 0 heterocycles. The highest BCUT2D eigenvalue weighted by molar-refractivity contribution is 5.84. The van der Waals surface area contributed by atoms with E-state index in [0.717, 1.165) is 17.7 Å². The zero-order valence-electron chi connectivity index (χ0n) is 12.9. The molecule has 2 nitrogen and oxygen atoms in total. The first-order valence-corrected chi connectivity index (χ1v) is 7.36. The van der Waals surface area contributed by atoms with Crippen molar-refractivity contribution in [2.45, 2.75) is 32.1 Å². The fourth-order valence-electron chi connectivity index (χ4n) is 2.93. The van der Waals surface area contributed by atoms with Crippen molar-refractivity contribution in [1.82, 2.24) is 0 Å². The van der Waals surface area contributed by atoms with Crippen LogP contribution in [0.5, 0.6) is 5.75 Å². The molecule has 2 aromatic rings. The monoisotopic (exact) mass is 282 g/mol. The van der Waals surface area contributed by atoms with E-state index in [1.165, 1.54) is 5.56 Å². The van der Waals surface area contributed by atoms with Gasteiger partial charge in [0.05, 0.1) is 7.11 Å². The number of Topliss-reactive ketones (excluding diaryl/α,β-unsaturated/α-hetero) is 1. The van der Waals surface area contributed by atoms with Gasteiger partial charge in [-0.2, -0.15) is 0 Å².